The third-order valence-electron chi connectivity index (χ3n) is 8.49. The minimum absolute atomic E-state index is 0.665. The van der Waals surface area contributed by atoms with E-state index in [9.17, 15) is 5.26 Å². The van der Waals surface area contributed by atoms with Crippen molar-refractivity contribution in [1.82, 2.24) is 0 Å². The number of hydrogen-bond donors (Lipinski definition) is 0. The summed E-state index contributed by atoms with van der Waals surface area (Å²) in [7, 11) is 0. The van der Waals surface area contributed by atoms with E-state index in [2.05, 4.69) is 146 Å². The number of benzene rings is 8. The monoisotopic (exact) mass is 531 g/mol. The van der Waals surface area contributed by atoms with Crippen molar-refractivity contribution in [2.75, 3.05) is 0 Å². The van der Waals surface area contributed by atoms with Crippen molar-refractivity contribution in [3.8, 4) is 39.4 Å². The molecule has 0 fully saturated rings. The Hall–Kier alpha value is -5.71. The van der Waals surface area contributed by atoms with Crippen LogP contribution < -0.4 is 0 Å². The molecule has 8 rings (SSSR count). The summed E-state index contributed by atoms with van der Waals surface area (Å²) >= 11 is 0. The predicted molar refractivity (Wildman–Crippen MR) is 177 cm³/mol. The van der Waals surface area contributed by atoms with Crippen molar-refractivity contribution in [1.29, 1.82) is 5.26 Å². The van der Waals surface area contributed by atoms with Gasteiger partial charge < -0.3 is 0 Å². The Balaban J connectivity index is 1.49. The highest BCUT2D eigenvalue weighted by molar-refractivity contribution is 6.25. The molecule has 0 heterocycles. The lowest BCUT2D eigenvalue weighted by Crippen LogP contribution is -1.92. The molecule has 0 aromatic heterocycles. The minimum atomic E-state index is 0.665. The van der Waals surface area contributed by atoms with Crippen molar-refractivity contribution in [2.24, 2.45) is 0 Å². The van der Waals surface area contributed by atoms with Crippen LogP contribution in [0.4, 0.5) is 0 Å². The molecule has 0 saturated carbocycles. The van der Waals surface area contributed by atoms with E-state index in [0.717, 1.165) is 16.3 Å². The Morgan fingerprint density at radius 2 is 0.833 bits per heavy atom. The Labute approximate surface area is 244 Å². The summed E-state index contributed by atoms with van der Waals surface area (Å²) in [6.45, 7) is 0. The molecule has 42 heavy (non-hydrogen) atoms. The Morgan fingerprint density at radius 1 is 0.333 bits per heavy atom. The molecule has 0 radical (unpaired) electrons. The first-order valence-corrected chi connectivity index (χ1v) is 14.3. The molecule has 0 aliphatic heterocycles. The SMILES string of the molecule is N#Cc1ccc2c(-c3cccc4c3ccc3c(-c5ccccc5)cccc34)c3ccccc3c(-c3ccccc3)c2c1. The molecule has 0 aliphatic carbocycles. The van der Waals surface area contributed by atoms with Gasteiger partial charge in [-0.1, -0.05) is 140 Å². The maximum Gasteiger partial charge on any atom is 0.0991 e. The lowest BCUT2D eigenvalue weighted by molar-refractivity contribution is 1.50. The van der Waals surface area contributed by atoms with Crippen LogP contribution in [0.15, 0.2) is 152 Å². The van der Waals surface area contributed by atoms with Crippen LogP contribution in [0, 0.1) is 11.3 Å². The van der Waals surface area contributed by atoms with Crippen molar-refractivity contribution >= 4 is 43.1 Å². The summed E-state index contributed by atoms with van der Waals surface area (Å²) in [5, 5.41) is 19.4. The Morgan fingerprint density at radius 3 is 1.50 bits per heavy atom. The summed E-state index contributed by atoms with van der Waals surface area (Å²) in [6.07, 6.45) is 0. The van der Waals surface area contributed by atoms with E-state index in [4.69, 9.17) is 0 Å². The number of nitriles is 1. The standard InChI is InChI=1S/C41H25N/c42-26-27-21-22-38-39(25-27)40(29-13-5-2-6-14-29)36-15-7-8-16-37(36)41(38)35-20-10-19-32-31-18-9-17-30(28-11-3-1-4-12-28)33(31)23-24-34(32)35/h1-25H. The van der Waals surface area contributed by atoms with E-state index >= 15 is 0 Å². The highest BCUT2D eigenvalue weighted by atomic mass is 14.3. The van der Waals surface area contributed by atoms with Crippen LogP contribution in [-0.2, 0) is 0 Å². The number of hydrogen-bond acceptors (Lipinski definition) is 1. The average molecular weight is 532 g/mol. The van der Waals surface area contributed by atoms with Gasteiger partial charge in [-0.05, 0) is 88.6 Å². The molecule has 0 saturated heterocycles. The molecule has 8 aromatic carbocycles. The van der Waals surface area contributed by atoms with Gasteiger partial charge >= 0.3 is 0 Å². The number of fused-ring (bicyclic) bond motifs is 5. The second-order valence-electron chi connectivity index (χ2n) is 10.8. The van der Waals surface area contributed by atoms with Crippen LogP contribution in [-0.4, -0.2) is 0 Å². The van der Waals surface area contributed by atoms with Gasteiger partial charge in [-0.25, -0.2) is 0 Å². The van der Waals surface area contributed by atoms with Gasteiger partial charge in [0.25, 0.3) is 0 Å². The first kappa shape index (κ1) is 24.1. The molecule has 0 unspecified atom stereocenters. The van der Waals surface area contributed by atoms with Gasteiger partial charge in [0.05, 0.1) is 11.6 Å². The molecule has 0 N–H and O–H groups in total. The van der Waals surface area contributed by atoms with Crippen LogP contribution in [0.5, 0.6) is 0 Å². The lowest BCUT2D eigenvalue weighted by Gasteiger charge is -2.19. The van der Waals surface area contributed by atoms with Crippen molar-refractivity contribution < 1.29 is 0 Å². The topological polar surface area (TPSA) is 23.8 Å². The second kappa shape index (κ2) is 9.73. The molecule has 1 heteroatoms. The van der Waals surface area contributed by atoms with Gasteiger partial charge in [-0.2, -0.15) is 5.26 Å². The zero-order valence-corrected chi connectivity index (χ0v) is 22.9. The van der Waals surface area contributed by atoms with E-state index in [1.807, 2.05) is 12.1 Å². The molecule has 0 amide bonds. The fraction of sp³-hybridized carbons (Fsp3) is 0. The average Bonchev–Trinajstić information content (AvgIpc) is 3.07. The third-order valence-corrected chi connectivity index (χ3v) is 8.49. The molecule has 0 aliphatic rings. The van der Waals surface area contributed by atoms with Gasteiger partial charge in [0.15, 0.2) is 0 Å². The Bertz CT molecular complexity index is 2340. The quantitative estimate of drug-likeness (QED) is 0.164. The summed E-state index contributed by atoms with van der Waals surface area (Å²) in [5.41, 5.74) is 7.85. The molecular formula is C41H25N. The molecule has 8 aromatic rings. The first-order chi connectivity index (χ1) is 20.8. The van der Waals surface area contributed by atoms with Crippen molar-refractivity contribution in [3.05, 3.63) is 157 Å². The van der Waals surface area contributed by atoms with Gasteiger partial charge in [0.2, 0.25) is 0 Å². The number of rotatable bonds is 3. The molecule has 0 atom stereocenters. The highest BCUT2D eigenvalue weighted by Gasteiger charge is 2.19. The van der Waals surface area contributed by atoms with Crippen LogP contribution in [0.25, 0.3) is 76.5 Å². The summed E-state index contributed by atoms with van der Waals surface area (Å²) in [5.74, 6) is 0. The van der Waals surface area contributed by atoms with Gasteiger partial charge in [0.1, 0.15) is 0 Å². The Kier molecular flexibility index (Phi) is 5.59. The predicted octanol–water partition coefficient (Wildman–Crippen LogP) is 11.2. The summed E-state index contributed by atoms with van der Waals surface area (Å²) < 4.78 is 0. The first-order valence-electron chi connectivity index (χ1n) is 14.3. The van der Waals surface area contributed by atoms with E-state index in [1.165, 1.54) is 60.1 Å². The van der Waals surface area contributed by atoms with E-state index in [1.54, 1.807) is 0 Å². The van der Waals surface area contributed by atoms with E-state index in [0.29, 0.717) is 5.56 Å². The summed E-state index contributed by atoms with van der Waals surface area (Å²) in [4.78, 5) is 0. The van der Waals surface area contributed by atoms with Crippen LogP contribution in [0.2, 0.25) is 0 Å². The van der Waals surface area contributed by atoms with Gasteiger partial charge in [-0.15, -0.1) is 0 Å². The van der Waals surface area contributed by atoms with Gasteiger partial charge in [-0.3, -0.25) is 0 Å². The lowest BCUT2D eigenvalue weighted by atomic mass is 9.83. The normalized spacial score (nSPS) is 11.3. The maximum absolute atomic E-state index is 9.85. The fourth-order valence-corrected chi connectivity index (χ4v) is 6.67. The molecule has 1 nitrogen and oxygen atoms in total. The van der Waals surface area contributed by atoms with Crippen LogP contribution >= 0.6 is 0 Å². The minimum Gasteiger partial charge on any atom is -0.192 e. The maximum atomic E-state index is 9.85. The fourth-order valence-electron chi connectivity index (χ4n) is 6.67. The second-order valence-corrected chi connectivity index (χ2v) is 10.8. The van der Waals surface area contributed by atoms with E-state index in [-0.39, 0.29) is 0 Å². The van der Waals surface area contributed by atoms with Crippen molar-refractivity contribution in [2.45, 2.75) is 0 Å². The largest absolute Gasteiger partial charge is 0.192 e. The molecule has 0 bridgehead atoms. The zero-order chi connectivity index (χ0) is 28.0. The molecular weight excluding hydrogens is 506 g/mol. The van der Waals surface area contributed by atoms with Gasteiger partial charge in [0, 0.05) is 0 Å². The number of nitrogens with zero attached hydrogens (tertiary/aromatic N) is 1. The van der Waals surface area contributed by atoms with Crippen molar-refractivity contribution in [3.63, 3.8) is 0 Å². The highest BCUT2D eigenvalue weighted by Crippen LogP contribution is 2.46. The third kappa shape index (κ3) is 3.70. The van der Waals surface area contributed by atoms with E-state index < -0.39 is 0 Å². The molecule has 194 valence electrons. The molecule has 0 spiro atoms. The summed E-state index contributed by atoms with van der Waals surface area (Å²) in [6, 6.07) is 56.2. The van der Waals surface area contributed by atoms with Crippen LogP contribution in [0.3, 0.4) is 0 Å². The zero-order valence-electron chi connectivity index (χ0n) is 22.9. The van der Waals surface area contributed by atoms with Crippen LogP contribution in [0.1, 0.15) is 5.56 Å². The smallest absolute Gasteiger partial charge is 0.0991 e.